The molecule has 0 amide bonds. The zero-order valence-corrected chi connectivity index (χ0v) is 18.5. The maximum atomic E-state index is 14.8. The number of methoxy groups -OCH3 is 1. The highest BCUT2D eigenvalue weighted by molar-refractivity contribution is 9.10. The Morgan fingerprint density at radius 3 is 2.47 bits per heavy atom. The van der Waals surface area contributed by atoms with Crippen LogP contribution in [0.25, 0.3) is 10.9 Å². The molecule has 11 heteroatoms. The van der Waals surface area contributed by atoms with E-state index in [1.807, 2.05) is 24.3 Å². The number of fused-ring (bicyclic) bond motifs is 1. The van der Waals surface area contributed by atoms with E-state index >= 15 is 0 Å². The third-order valence-electron chi connectivity index (χ3n) is 4.99. The second-order valence-corrected chi connectivity index (χ2v) is 7.91. The summed E-state index contributed by atoms with van der Waals surface area (Å²) in [5.41, 5.74) is 1.09. The second kappa shape index (κ2) is 10.5. The van der Waals surface area contributed by atoms with Crippen molar-refractivity contribution in [2.24, 2.45) is 0 Å². The number of halogens is 2. The summed E-state index contributed by atoms with van der Waals surface area (Å²) in [5, 5.41) is 52.4. The molecule has 0 aliphatic carbocycles. The Morgan fingerprint density at radius 1 is 1.09 bits per heavy atom. The number of nitrogens with zero attached hydrogens (tertiary/aromatic N) is 2. The summed E-state index contributed by atoms with van der Waals surface area (Å²) in [6, 6.07) is 10.3. The fraction of sp³-hybridized carbons (Fsp3) is 0.333. The molecule has 0 fully saturated rings. The normalized spacial score (nSPS) is 16.2. The van der Waals surface area contributed by atoms with Gasteiger partial charge in [-0.25, -0.2) is 14.4 Å². The van der Waals surface area contributed by atoms with Gasteiger partial charge in [0, 0.05) is 15.4 Å². The van der Waals surface area contributed by atoms with E-state index in [0.29, 0.717) is 16.7 Å². The van der Waals surface area contributed by atoms with E-state index in [2.05, 4.69) is 31.2 Å². The number of hydrogen-bond donors (Lipinski definition) is 6. The lowest BCUT2D eigenvalue weighted by Gasteiger charge is -2.27. The van der Waals surface area contributed by atoms with E-state index in [1.165, 1.54) is 25.6 Å². The molecule has 172 valence electrons. The Balaban J connectivity index is 1.98. The number of ether oxygens (including phenoxy) is 1. The Hall–Kier alpha value is -2.41. The van der Waals surface area contributed by atoms with Gasteiger partial charge in [0.05, 0.1) is 24.9 Å². The van der Waals surface area contributed by atoms with Crippen LogP contribution in [0.4, 0.5) is 15.9 Å². The topological polar surface area (TPSA) is 148 Å². The van der Waals surface area contributed by atoms with Gasteiger partial charge < -0.3 is 35.6 Å². The second-order valence-electron chi connectivity index (χ2n) is 7.06. The van der Waals surface area contributed by atoms with E-state index in [9.17, 15) is 24.8 Å². The SMILES string of the molecule is COc1cc2c(Nc3ccccc3Br)ncnc2cc1C(O)[C@@H](F)[C@H](O)[C@@H](O)[C@H](O)CO. The number of rotatable bonds is 9. The Kier molecular flexibility index (Phi) is 7.93. The number of aliphatic hydroxyl groups excluding tert-OH is 5. The average molecular weight is 512 g/mol. The van der Waals surface area contributed by atoms with Gasteiger partial charge in [0.1, 0.15) is 42.3 Å². The molecular formula is C21H23BrFN3O6. The standard InChI is InChI=1S/C21H23BrFN3O6/c1-32-16-7-10-14(24-9-25-21(10)26-13-5-3-2-4-12(13)22)6-11(16)18(29)17(23)20(31)19(30)15(28)8-27/h2-7,9,15,17-20,27-31H,8H2,1H3,(H,24,25,26)/t15-,17-,18?,19+,20+/m1/s1. The lowest BCUT2D eigenvalue weighted by molar-refractivity contribution is -0.119. The van der Waals surface area contributed by atoms with Crippen LogP contribution in [0.15, 0.2) is 47.2 Å². The van der Waals surface area contributed by atoms with Crippen molar-refractivity contribution >= 4 is 38.3 Å². The highest BCUT2D eigenvalue weighted by atomic mass is 79.9. The summed E-state index contributed by atoms with van der Waals surface area (Å²) in [5.74, 6) is 0.543. The van der Waals surface area contributed by atoms with Crippen LogP contribution in [0, 0.1) is 0 Å². The van der Waals surface area contributed by atoms with Crippen molar-refractivity contribution < 1.29 is 34.7 Å². The molecule has 1 aromatic heterocycles. The predicted molar refractivity (Wildman–Crippen MR) is 118 cm³/mol. The highest BCUT2D eigenvalue weighted by Gasteiger charge is 2.37. The fourth-order valence-electron chi connectivity index (χ4n) is 3.18. The van der Waals surface area contributed by atoms with Gasteiger partial charge in [0.15, 0.2) is 6.17 Å². The first kappa shape index (κ1) is 24.2. The number of aromatic nitrogens is 2. The van der Waals surface area contributed by atoms with Crippen LogP contribution in [-0.2, 0) is 0 Å². The van der Waals surface area contributed by atoms with Crippen LogP contribution in [0.1, 0.15) is 11.7 Å². The number of hydrogen-bond acceptors (Lipinski definition) is 9. The molecule has 1 heterocycles. The minimum Gasteiger partial charge on any atom is -0.496 e. The lowest BCUT2D eigenvalue weighted by atomic mass is 9.95. The third kappa shape index (κ3) is 4.98. The minimum atomic E-state index is -2.39. The van der Waals surface area contributed by atoms with Gasteiger partial charge in [0.2, 0.25) is 0 Å². The van der Waals surface area contributed by atoms with E-state index in [-0.39, 0.29) is 11.3 Å². The molecule has 6 N–H and O–H groups in total. The third-order valence-corrected chi connectivity index (χ3v) is 5.68. The fourth-order valence-corrected chi connectivity index (χ4v) is 3.56. The van der Waals surface area contributed by atoms with Gasteiger partial charge in [-0.3, -0.25) is 0 Å². The van der Waals surface area contributed by atoms with E-state index < -0.39 is 37.2 Å². The molecule has 0 aliphatic rings. The molecule has 0 bridgehead atoms. The Morgan fingerprint density at radius 2 is 1.81 bits per heavy atom. The number of alkyl halides is 1. The molecule has 9 nitrogen and oxygen atoms in total. The summed E-state index contributed by atoms with van der Waals surface area (Å²) in [6.07, 6.45) is -8.94. The number of aliphatic hydroxyl groups is 5. The molecule has 0 radical (unpaired) electrons. The summed E-state index contributed by atoms with van der Waals surface area (Å²) < 4.78 is 20.9. The number of nitrogens with one attached hydrogen (secondary N) is 1. The van der Waals surface area contributed by atoms with Crippen LogP contribution in [0.3, 0.4) is 0 Å². The number of benzene rings is 2. The number of para-hydroxylation sites is 1. The van der Waals surface area contributed by atoms with Crippen LogP contribution >= 0.6 is 15.9 Å². The first-order valence-corrected chi connectivity index (χ1v) is 10.4. The summed E-state index contributed by atoms with van der Waals surface area (Å²) in [6.45, 7) is -0.884. The van der Waals surface area contributed by atoms with Crippen molar-refractivity contribution in [2.75, 3.05) is 19.0 Å². The minimum absolute atomic E-state index is 0.0252. The van der Waals surface area contributed by atoms with Crippen molar-refractivity contribution in [3.8, 4) is 5.75 Å². The summed E-state index contributed by atoms with van der Waals surface area (Å²) in [7, 11) is 1.33. The van der Waals surface area contributed by atoms with Gasteiger partial charge >= 0.3 is 0 Å². The molecule has 3 rings (SSSR count). The van der Waals surface area contributed by atoms with Gasteiger partial charge in [0.25, 0.3) is 0 Å². The van der Waals surface area contributed by atoms with Crippen LogP contribution < -0.4 is 10.1 Å². The van der Waals surface area contributed by atoms with Gasteiger partial charge in [-0.2, -0.15) is 0 Å². The molecule has 32 heavy (non-hydrogen) atoms. The van der Waals surface area contributed by atoms with E-state index in [0.717, 1.165) is 10.2 Å². The summed E-state index contributed by atoms with van der Waals surface area (Å²) >= 11 is 3.45. The molecule has 3 aromatic rings. The first-order valence-electron chi connectivity index (χ1n) is 9.59. The van der Waals surface area contributed by atoms with Crippen LogP contribution in [0.5, 0.6) is 5.75 Å². The highest BCUT2D eigenvalue weighted by Crippen LogP contribution is 2.36. The molecule has 0 saturated heterocycles. The van der Waals surface area contributed by atoms with Crippen LogP contribution in [-0.4, -0.2) is 73.7 Å². The predicted octanol–water partition coefficient (Wildman–Crippen LogP) is 1.59. The zero-order chi connectivity index (χ0) is 23.4. The van der Waals surface area contributed by atoms with Crippen molar-refractivity contribution in [1.82, 2.24) is 9.97 Å². The van der Waals surface area contributed by atoms with Gasteiger partial charge in [-0.1, -0.05) is 12.1 Å². The molecule has 5 atom stereocenters. The van der Waals surface area contributed by atoms with E-state index in [4.69, 9.17) is 9.84 Å². The number of anilines is 2. The Bertz CT molecular complexity index is 1070. The lowest BCUT2D eigenvalue weighted by Crippen LogP contribution is -2.46. The Labute approximate surface area is 191 Å². The molecule has 0 spiro atoms. The molecule has 0 saturated carbocycles. The maximum Gasteiger partial charge on any atom is 0.159 e. The van der Waals surface area contributed by atoms with Crippen molar-refractivity contribution in [3.63, 3.8) is 0 Å². The summed E-state index contributed by atoms with van der Waals surface area (Å²) in [4.78, 5) is 8.42. The van der Waals surface area contributed by atoms with Crippen molar-refractivity contribution in [1.29, 1.82) is 0 Å². The van der Waals surface area contributed by atoms with Crippen LogP contribution in [0.2, 0.25) is 0 Å². The average Bonchev–Trinajstić information content (AvgIpc) is 2.82. The van der Waals surface area contributed by atoms with E-state index in [1.54, 1.807) is 0 Å². The molecular weight excluding hydrogens is 489 g/mol. The quantitative estimate of drug-likeness (QED) is 0.252. The molecule has 1 unspecified atom stereocenters. The maximum absolute atomic E-state index is 14.8. The van der Waals surface area contributed by atoms with Crippen molar-refractivity contribution in [3.05, 3.63) is 52.8 Å². The largest absolute Gasteiger partial charge is 0.496 e. The zero-order valence-electron chi connectivity index (χ0n) is 16.9. The van der Waals surface area contributed by atoms with Gasteiger partial charge in [-0.05, 0) is 40.2 Å². The van der Waals surface area contributed by atoms with Gasteiger partial charge in [-0.15, -0.1) is 0 Å². The van der Waals surface area contributed by atoms with Crippen molar-refractivity contribution in [2.45, 2.75) is 30.6 Å². The smallest absolute Gasteiger partial charge is 0.159 e. The molecule has 2 aromatic carbocycles. The monoisotopic (exact) mass is 511 g/mol. The first-order chi connectivity index (χ1) is 15.3. The molecule has 0 aliphatic heterocycles.